The fourth-order valence-electron chi connectivity index (χ4n) is 3.12. The Hall–Kier alpha value is -4.26. The lowest BCUT2D eigenvalue weighted by atomic mass is 9.97. The summed E-state index contributed by atoms with van der Waals surface area (Å²) < 4.78 is 0. The third-order valence-electron chi connectivity index (χ3n) is 4.61. The van der Waals surface area contributed by atoms with Gasteiger partial charge in [-0.2, -0.15) is 0 Å². The van der Waals surface area contributed by atoms with Crippen LogP contribution in [-0.2, 0) is 4.79 Å². The number of urea groups is 1. The van der Waals surface area contributed by atoms with Crippen molar-refractivity contribution in [2.45, 2.75) is 19.3 Å². The first-order chi connectivity index (χ1) is 15.5. The van der Waals surface area contributed by atoms with Crippen molar-refractivity contribution in [3.05, 3.63) is 102 Å². The molecule has 0 fully saturated rings. The van der Waals surface area contributed by atoms with E-state index < -0.39 is 17.9 Å². The third kappa shape index (κ3) is 6.63. The van der Waals surface area contributed by atoms with Gasteiger partial charge in [-0.3, -0.25) is 19.9 Å². The van der Waals surface area contributed by atoms with Gasteiger partial charge in [-0.15, -0.1) is 0 Å². The van der Waals surface area contributed by atoms with Crippen LogP contribution in [0.5, 0.6) is 0 Å². The van der Waals surface area contributed by atoms with Gasteiger partial charge in [0.25, 0.3) is 5.91 Å². The van der Waals surface area contributed by atoms with Gasteiger partial charge in [-0.1, -0.05) is 42.5 Å². The molecule has 0 aliphatic carbocycles. The van der Waals surface area contributed by atoms with E-state index in [1.807, 2.05) is 24.3 Å². The second kappa shape index (κ2) is 11.2. The molecule has 7 nitrogen and oxygen atoms in total. The van der Waals surface area contributed by atoms with Crippen LogP contribution in [0.1, 0.15) is 40.7 Å². The average Bonchev–Trinajstić information content (AvgIpc) is 2.80. The first-order valence-electron chi connectivity index (χ1n) is 10.1. The highest BCUT2D eigenvalue weighted by atomic mass is 16.4. The predicted molar refractivity (Wildman–Crippen MR) is 122 cm³/mol. The number of nitrogens with zero attached hydrogens (tertiary/aromatic N) is 1. The van der Waals surface area contributed by atoms with Gasteiger partial charge in [0.15, 0.2) is 0 Å². The van der Waals surface area contributed by atoms with Crippen molar-refractivity contribution in [2.24, 2.45) is 0 Å². The summed E-state index contributed by atoms with van der Waals surface area (Å²) in [5.41, 5.74) is 3.50. The summed E-state index contributed by atoms with van der Waals surface area (Å²) in [7, 11) is 0. The second-order valence-corrected chi connectivity index (χ2v) is 7.00. The summed E-state index contributed by atoms with van der Waals surface area (Å²) in [6.45, 7) is 0. The Morgan fingerprint density at radius 2 is 1.66 bits per heavy atom. The van der Waals surface area contributed by atoms with E-state index in [9.17, 15) is 14.4 Å². The van der Waals surface area contributed by atoms with Gasteiger partial charge in [0.2, 0.25) is 0 Å². The lowest BCUT2D eigenvalue weighted by Crippen LogP contribution is -2.34. The van der Waals surface area contributed by atoms with Crippen molar-refractivity contribution < 1.29 is 19.5 Å². The van der Waals surface area contributed by atoms with Gasteiger partial charge in [0.05, 0.1) is 0 Å². The molecule has 0 aliphatic rings. The van der Waals surface area contributed by atoms with E-state index in [1.165, 1.54) is 0 Å². The van der Waals surface area contributed by atoms with Crippen molar-refractivity contribution in [1.29, 1.82) is 0 Å². The number of imide groups is 1. The summed E-state index contributed by atoms with van der Waals surface area (Å²) in [5, 5.41) is 13.9. The molecule has 3 N–H and O–H groups in total. The number of aliphatic carboxylic acids is 1. The van der Waals surface area contributed by atoms with Crippen LogP contribution in [0.3, 0.4) is 0 Å². The van der Waals surface area contributed by atoms with E-state index in [0.717, 1.165) is 16.7 Å². The first-order valence-corrected chi connectivity index (χ1v) is 10.1. The molecule has 32 heavy (non-hydrogen) atoms. The summed E-state index contributed by atoms with van der Waals surface area (Å²) in [6.07, 6.45) is 6.57. The number of aromatic nitrogens is 1. The van der Waals surface area contributed by atoms with E-state index in [-0.39, 0.29) is 6.42 Å². The summed E-state index contributed by atoms with van der Waals surface area (Å²) in [6, 6.07) is 18.8. The molecule has 3 aromatic rings. The van der Waals surface area contributed by atoms with Crippen LogP contribution in [0.15, 0.2) is 85.2 Å². The number of carboxylic acids is 1. The van der Waals surface area contributed by atoms with Crippen LogP contribution >= 0.6 is 0 Å². The number of hydrogen-bond acceptors (Lipinski definition) is 4. The van der Waals surface area contributed by atoms with Crippen LogP contribution in [0.2, 0.25) is 0 Å². The Balaban J connectivity index is 1.75. The van der Waals surface area contributed by atoms with Gasteiger partial charge in [-0.05, 0) is 54.3 Å². The monoisotopic (exact) mass is 429 g/mol. The highest BCUT2D eigenvalue weighted by Crippen LogP contribution is 2.26. The highest BCUT2D eigenvalue weighted by molar-refractivity contribution is 6.08. The normalized spacial score (nSPS) is 10.9. The van der Waals surface area contributed by atoms with Gasteiger partial charge in [0, 0.05) is 35.6 Å². The van der Waals surface area contributed by atoms with Crippen molar-refractivity contribution in [3.63, 3.8) is 0 Å². The Morgan fingerprint density at radius 3 is 2.38 bits per heavy atom. The molecular weight excluding hydrogens is 406 g/mol. The summed E-state index contributed by atoms with van der Waals surface area (Å²) >= 11 is 0. The number of rotatable bonds is 8. The fourth-order valence-corrected chi connectivity index (χ4v) is 3.12. The minimum atomic E-state index is -0.830. The molecule has 7 heteroatoms. The van der Waals surface area contributed by atoms with Gasteiger partial charge < -0.3 is 10.4 Å². The molecule has 0 saturated heterocycles. The van der Waals surface area contributed by atoms with Crippen molar-refractivity contribution in [1.82, 2.24) is 10.3 Å². The summed E-state index contributed by atoms with van der Waals surface area (Å²) in [4.78, 5) is 39.4. The van der Waals surface area contributed by atoms with Crippen LogP contribution in [-0.4, -0.2) is 28.0 Å². The molecule has 0 radical (unpaired) electrons. The molecular formula is C25H23N3O4. The fraction of sp³-hybridized carbons (Fsp3) is 0.120. The molecule has 3 amide bonds. The van der Waals surface area contributed by atoms with E-state index >= 15 is 0 Å². The zero-order chi connectivity index (χ0) is 22.8. The van der Waals surface area contributed by atoms with E-state index in [4.69, 9.17) is 5.11 Å². The second-order valence-electron chi connectivity index (χ2n) is 7.00. The molecule has 0 atom stereocenters. The largest absolute Gasteiger partial charge is 0.481 e. The number of pyridine rings is 1. The number of carboxylic acid groups (broad SMARTS) is 1. The molecule has 0 spiro atoms. The van der Waals surface area contributed by atoms with Crippen molar-refractivity contribution in [3.8, 4) is 0 Å². The van der Waals surface area contributed by atoms with Crippen LogP contribution in [0, 0.1) is 0 Å². The lowest BCUT2D eigenvalue weighted by molar-refractivity contribution is -0.137. The number of benzene rings is 2. The quantitative estimate of drug-likeness (QED) is 0.449. The van der Waals surface area contributed by atoms with Crippen LogP contribution < -0.4 is 10.6 Å². The molecule has 0 saturated carbocycles. The van der Waals surface area contributed by atoms with E-state index in [2.05, 4.69) is 15.6 Å². The number of carbonyl (C=O) groups excluding carboxylic acids is 2. The maximum Gasteiger partial charge on any atom is 0.326 e. The average molecular weight is 429 g/mol. The lowest BCUT2D eigenvalue weighted by Gasteiger charge is -2.12. The molecule has 162 valence electrons. The SMILES string of the molecule is O=C(O)CCCC=C(c1cccnc1)c1cccc(NC(=O)NC(=O)c2ccccc2)c1. The molecule has 1 heterocycles. The molecule has 0 bridgehead atoms. The van der Waals surface area contributed by atoms with Crippen LogP contribution in [0.4, 0.5) is 10.5 Å². The van der Waals surface area contributed by atoms with Crippen molar-refractivity contribution in [2.75, 3.05) is 5.32 Å². The minimum Gasteiger partial charge on any atom is -0.481 e. The topological polar surface area (TPSA) is 108 Å². The maximum absolute atomic E-state index is 12.3. The molecule has 0 unspecified atom stereocenters. The molecule has 1 aromatic heterocycles. The number of nitrogens with one attached hydrogen (secondary N) is 2. The maximum atomic E-state index is 12.3. The smallest absolute Gasteiger partial charge is 0.326 e. The highest BCUT2D eigenvalue weighted by Gasteiger charge is 2.11. The third-order valence-corrected chi connectivity index (χ3v) is 4.61. The van der Waals surface area contributed by atoms with Crippen molar-refractivity contribution >= 4 is 29.2 Å². The van der Waals surface area contributed by atoms with E-state index in [0.29, 0.717) is 24.1 Å². The standard InChI is InChI=1S/C25H23N3O4/c29-23(30)14-5-4-13-22(20-11-7-15-26-17-20)19-10-6-12-21(16-19)27-25(32)28-24(31)18-8-2-1-3-9-18/h1-3,6-13,15-17H,4-5,14H2,(H,29,30)(H2,27,28,31,32). The van der Waals surface area contributed by atoms with Gasteiger partial charge >= 0.3 is 12.0 Å². The zero-order valence-electron chi connectivity index (χ0n) is 17.3. The molecule has 0 aliphatic heterocycles. The summed E-state index contributed by atoms with van der Waals surface area (Å²) in [5.74, 6) is -1.32. The number of carbonyl (C=O) groups is 3. The Kier molecular flexibility index (Phi) is 7.86. The zero-order valence-corrected chi connectivity index (χ0v) is 17.3. The van der Waals surface area contributed by atoms with Crippen LogP contribution in [0.25, 0.3) is 5.57 Å². The Bertz CT molecular complexity index is 1110. The predicted octanol–water partition coefficient (Wildman–Crippen LogP) is 4.73. The Morgan fingerprint density at radius 1 is 0.906 bits per heavy atom. The number of hydrogen-bond donors (Lipinski definition) is 3. The minimum absolute atomic E-state index is 0.0913. The molecule has 3 rings (SSSR count). The number of anilines is 1. The Labute approximate surface area is 185 Å². The molecule has 2 aromatic carbocycles. The number of unbranched alkanes of at least 4 members (excludes halogenated alkanes) is 1. The number of amides is 3. The van der Waals surface area contributed by atoms with E-state index in [1.54, 1.807) is 60.9 Å². The van der Waals surface area contributed by atoms with Gasteiger partial charge in [-0.25, -0.2) is 4.79 Å². The van der Waals surface area contributed by atoms with Gasteiger partial charge in [0.1, 0.15) is 0 Å². The number of allylic oxidation sites excluding steroid dienone is 1. The first kappa shape index (κ1) is 22.4.